The van der Waals surface area contributed by atoms with Crippen molar-refractivity contribution in [3.05, 3.63) is 29.3 Å². The quantitative estimate of drug-likeness (QED) is 0.747. The number of aromatic hydroxyl groups is 1. The first kappa shape index (κ1) is 12.9. The third-order valence-electron chi connectivity index (χ3n) is 3.60. The zero-order valence-corrected chi connectivity index (χ0v) is 10.5. The number of aliphatic hydroxyl groups excluding tert-OH is 1. The highest BCUT2D eigenvalue weighted by Crippen LogP contribution is 2.22. The molecule has 18 heavy (non-hydrogen) atoms. The summed E-state index contributed by atoms with van der Waals surface area (Å²) in [5.41, 5.74) is 1.04. The predicted octanol–water partition coefficient (Wildman–Crippen LogP) is 1.73. The van der Waals surface area contributed by atoms with Crippen LogP contribution in [-0.4, -0.2) is 28.3 Å². The maximum atomic E-state index is 12.1. The van der Waals surface area contributed by atoms with Crippen LogP contribution in [0.2, 0.25) is 0 Å². The Bertz CT molecular complexity index is 445. The van der Waals surface area contributed by atoms with E-state index in [2.05, 4.69) is 5.32 Å². The van der Waals surface area contributed by atoms with Crippen molar-refractivity contribution in [1.29, 1.82) is 0 Å². The molecule has 1 amide bonds. The molecule has 1 aliphatic carbocycles. The van der Waals surface area contributed by atoms with Crippen molar-refractivity contribution >= 4 is 5.91 Å². The third-order valence-corrected chi connectivity index (χ3v) is 3.60. The van der Waals surface area contributed by atoms with Gasteiger partial charge in [-0.3, -0.25) is 4.79 Å². The van der Waals surface area contributed by atoms with Crippen LogP contribution >= 0.6 is 0 Å². The van der Waals surface area contributed by atoms with E-state index in [0.717, 1.165) is 25.7 Å². The van der Waals surface area contributed by atoms with Crippen molar-refractivity contribution in [1.82, 2.24) is 5.32 Å². The van der Waals surface area contributed by atoms with E-state index in [-0.39, 0.29) is 17.7 Å². The number of phenols is 1. The van der Waals surface area contributed by atoms with E-state index in [1.807, 2.05) is 0 Å². The van der Waals surface area contributed by atoms with Crippen LogP contribution in [-0.2, 0) is 0 Å². The lowest BCUT2D eigenvalue weighted by atomic mass is 9.92. The minimum absolute atomic E-state index is 0.117. The molecular formula is C14H19NO3. The van der Waals surface area contributed by atoms with Crippen LogP contribution in [0.25, 0.3) is 0 Å². The zero-order valence-electron chi connectivity index (χ0n) is 10.5. The molecule has 4 nitrogen and oxygen atoms in total. The van der Waals surface area contributed by atoms with E-state index in [1.54, 1.807) is 25.1 Å². The van der Waals surface area contributed by atoms with Crippen LogP contribution in [0.5, 0.6) is 5.75 Å². The van der Waals surface area contributed by atoms with Crippen LogP contribution in [0, 0.1) is 6.92 Å². The molecule has 0 bridgehead atoms. The molecule has 1 aromatic carbocycles. The summed E-state index contributed by atoms with van der Waals surface area (Å²) in [7, 11) is 0. The minimum atomic E-state index is -0.458. The number of carbonyl (C=O) groups excluding carboxylic acids is 1. The van der Waals surface area contributed by atoms with Gasteiger partial charge in [-0.25, -0.2) is 0 Å². The summed E-state index contributed by atoms with van der Waals surface area (Å²) >= 11 is 0. The Labute approximate surface area is 107 Å². The number of carbonyl (C=O) groups is 1. The highest BCUT2D eigenvalue weighted by atomic mass is 16.3. The number of rotatable bonds is 2. The number of aliphatic hydroxyl groups is 1. The molecule has 2 rings (SSSR count). The normalized spacial score (nSPS) is 23.7. The summed E-state index contributed by atoms with van der Waals surface area (Å²) in [5.74, 6) is -0.110. The summed E-state index contributed by atoms with van der Waals surface area (Å²) in [5, 5.41) is 22.3. The van der Waals surface area contributed by atoms with E-state index < -0.39 is 6.10 Å². The molecule has 1 aromatic rings. The van der Waals surface area contributed by atoms with E-state index >= 15 is 0 Å². The van der Waals surface area contributed by atoms with E-state index in [1.165, 1.54) is 0 Å². The molecule has 0 saturated heterocycles. The van der Waals surface area contributed by atoms with Gasteiger partial charge in [-0.15, -0.1) is 0 Å². The fourth-order valence-corrected chi connectivity index (χ4v) is 2.40. The minimum Gasteiger partial charge on any atom is -0.508 e. The second kappa shape index (κ2) is 5.40. The van der Waals surface area contributed by atoms with Gasteiger partial charge in [0, 0.05) is 11.1 Å². The number of hydrogen-bond acceptors (Lipinski definition) is 3. The maximum Gasteiger partial charge on any atom is 0.251 e. The Kier molecular flexibility index (Phi) is 3.87. The summed E-state index contributed by atoms with van der Waals surface area (Å²) in [6.45, 7) is 1.71. The Hall–Kier alpha value is -1.55. The van der Waals surface area contributed by atoms with Gasteiger partial charge in [-0.05, 0) is 31.9 Å². The van der Waals surface area contributed by atoms with Gasteiger partial charge in [-0.2, -0.15) is 0 Å². The molecule has 1 fully saturated rings. The van der Waals surface area contributed by atoms with Crippen molar-refractivity contribution in [3.63, 3.8) is 0 Å². The first-order valence-electron chi connectivity index (χ1n) is 6.37. The number of benzene rings is 1. The summed E-state index contributed by atoms with van der Waals surface area (Å²) < 4.78 is 0. The number of nitrogens with one attached hydrogen (secondary N) is 1. The van der Waals surface area contributed by atoms with Gasteiger partial charge in [0.25, 0.3) is 5.91 Å². The molecule has 0 radical (unpaired) electrons. The zero-order chi connectivity index (χ0) is 13.1. The molecule has 0 spiro atoms. The Balaban J connectivity index is 2.09. The molecule has 0 aliphatic heterocycles. The lowest BCUT2D eigenvalue weighted by Gasteiger charge is -2.28. The number of amides is 1. The first-order chi connectivity index (χ1) is 8.59. The second-order valence-electron chi connectivity index (χ2n) is 4.88. The van der Waals surface area contributed by atoms with Gasteiger partial charge < -0.3 is 15.5 Å². The summed E-state index contributed by atoms with van der Waals surface area (Å²) in [6.07, 6.45) is 3.13. The fraction of sp³-hybridized carbons (Fsp3) is 0.500. The molecule has 0 aromatic heterocycles. The van der Waals surface area contributed by atoms with E-state index in [0.29, 0.717) is 11.1 Å². The van der Waals surface area contributed by atoms with Gasteiger partial charge in [0.15, 0.2) is 0 Å². The average Bonchev–Trinajstić information content (AvgIpc) is 2.35. The summed E-state index contributed by atoms with van der Waals surface area (Å²) in [6, 6.07) is 4.71. The maximum absolute atomic E-state index is 12.1. The highest BCUT2D eigenvalue weighted by molar-refractivity contribution is 5.96. The van der Waals surface area contributed by atoms with Crippen LogP contribution in [0.4, 0.5) is 0 Å². The van der Waals surface area contributed by atoms with Gasteiger partial charge in [0.2, 0.25) is 0 Å². The van der Waals surface area contributed by atoms with E-state index in [9.17, 15) is 15.0 Å². The van der Waals surface area contributed by atoms with Crippen molar-refractivity contribution in [3.8, 4) is 5.75 Å². The second-order valence-corrected chi connectivity index (χ2v) is 4.88. The SMILES string of the molecule is Cc1c(O)cccc1C(=O)N[C@@H]1CCCC[C@H]1O. The van der Waals surface area contributed by atoms with Crippen molar-refractivity contribution in [2.75, 3.05) is 0 Å². The molecule has 4 heteroatoms. The van der Waals surface area contributed by atoms with Crippen molar-refractivity contribution < 1.29 is 15.0 Å². The fourth-order valence-electron chi connectivity index (χ4n) is 2.40. The lowest BCUT2D eigenvalue weighted by Crippen LogP contribution is -2.45. The van der Waals surface area contributed by atoms with Crippen LogP contribution in [0.3, 0.4) is 0 Å². The number of phenolic OH excluding ortho intramolecular Hbond substituents is 1. The topological polar surface area (TPSA) is 69.6 Å². The average molecular weight is 249 g/mol. The lowest BCUT2D eigenvalue weighted by molar-refractivity contribution is 0.0716. The largest absolute Gasteiger partial charge is 0.508 e. The van der Waals surface area contributed by atoms with Crippen LogP contribution < -0.4 is 5.32 Å². The Morgan fingerprint density at radius 2 is 2.06 bits per heavy atom. The molecular weight excluding hydrogens is 230 g/mol. The number of hydrogen-bond donors (Lipinski definition) is 3. The van der Waals surface area contributed by atoms with Crippen LogP contribution in [0.1, 0.15) is 41.6 Å². The summed E-state index contributed by atoms with van der Waals surface area (Å²) in [4.78, 5) is 12.1. The first-order valence-corrected chi connectivity index (χ1v) is 6.37. The molecule has 1 saturated carbocycles. The van der Waals surface area contributed by atoms with Gasteiger partial charge >= 0.3 is 0 Å². The molecule has 0 unspecified atom stereocenters. The highest BCUT2D eigenvalue weighted by Gasteiger charge is 2.25. The molecule has 98 valence electrons. The van der Waals surface area contributed by atoms with Crippen molar-refractivity contribution in [2.24, 2.45) is 0 Å². The predicted molar refractivity (Wildman–Crippen MR) is 68.6 cm³/mol. The van der Waals surface area contributed by atoms with E-state index in [4.69, 9.17) is 0 Å². The van der Waals surface area contributed by atoms with Crippen molar-refractivity contribution in [2.45, 2.75) is 44.8 Å². The molecule has 2 atom stereocenters. The Morgan fingerprint density at radius 3 is 2.78 bits per heavy atom. The smallest absolute Gasteiger partial charge is 0.251 e. The molecule has 0 heterocycles. The van der Waals surface area contributed by atoms with Gasteiger partial charge in [-0.1, -0.05) is 18.9 Å². The molecule has 3 N–H and O–H groups in total. The van der Waals surface area contributed by atoms with Gasteiger partial charge in [0.05, 0.1) is 12.1 Å². The van der Waals surface area contributed by atoms with Gasteiger partial charge in [0.1, 0.15) is 5.75 Å². The standard InChI is InChI=1S/C14H19NO3/c1-9-10(5-4-8-12(9)16)14(18)15-11-6-2-3-7-13(11)17/h4-5,8,11,13,16-17H,2-3,6-7H2,1H3,(H,15,18)/t11-,13-/m1/s1. The third kappa shape index (κ3) is 2.64. The Morgan fingerprint density at radius 1 is 1.33 bits per heavy atom. The molecule has 1 aliphatic rings. The monoisotopic (exact) mass is 249 g/mol. The van der Waals surface area contributed by atoms with Crippen LogP contribution in [0.15, 0.2) is 18.2 Å².